The van der Waals surface area contributed by atoms with E-state index < -0.39 is 0 Å². The Hall–Kier alpha value is -1.52. The fourth-order valence-corrected chi connectivity index (χ4v) is 1.64. The molecule has 0 aliphatic heterocycles. The Morgan fingerprint density at radius 2 is 2.12 bits per heavy atom. The van der Waals surface area contributed by atoms with E-state index in [-0.39, 0.29) is 0 Å². The summed E-state index contributed by atoms with van der Waals surface area (Å²) >= 11 is 5.79. The molecule has 0 fully saturated rings. The first-order valence-corrected chi connectivity index (χ1v) is 5.73. The minimum Gasteiger partial charge on any atom is -0.330 e. The third kappa shape index (κ3) is 2.99. The number of hydrogen-bond donors (Lipinski definition) is 1. The van der Waals surface area contributed by atoms with E-state index in [4.69, 9.17) is 17.3 Å². The SMILES string of the molecule is Cc1cc(CCN)nc(-c2ccc(Cl)cn2)n1. The van der Waals surface area contributed by atoms with E-state index in [1.54, 1.807) is 12.3 Å². The summed E-state index contributed by atoms with van der Waals surface area (Å²) in [5, 5.41) is 0.601. The van der Waals surface area contributed by atoms with Crippen LogP contribution < -0.4 is 5.73 Å². The number of pyridine rings is 1. The third-order valence-corrected chi connectivity index (χ3v) is 2.49. The van der Waals surface area contributed by atoms with Crippen molar-refractivity contribution in [3.63, 3.8) is 0 Å². The Labute approximate surface area is 105 Å². The molecule has 2 aromatic rings. The van der Waals surface area contributed by atoms with Crippen LogP contribution in [0.3, 0.4) is 0 Å². The zero-order chi connectivity index (χ0) is 12.3. The second kappa shape index (κ2) is 5.21. The number of aryl methyl sites for hydroxylation is 1. The van der Waals surface area contributed by atoms with Crippen molar-refractivity contribution < 1.29 is 0 Å². The summed E-state index contributed by atoms with van der Waals surface area (Å²) in [6, 6.07) is 5.52. The second-order valence-corrected chi connectivity index (χ2v) is 4.16. The first-order valence-electron chi connectivity index (χ1n) is 5.35. The highest BCUT2D eigenvalue weighted by Gasteiger charge is 2.05. The Morgan fingerprint density at radius 3 is 2.76 bits per heavy atom. The zero-order valence-electron chi connectivity index (χ0n) is 9.52. The maximum absolute atomic E-state index is 5.79. The number of halogens is 1. The standard InChI is InChI=1S/C12H13ClN4/c1-8-6-10(4-5-14)17-12(16-8)11-3-2-9(13)7-15-11/h2-3,6-7H,4-5,14H2,1H3. The van der Waals surface area contributed by atoms with Gasteiger partial charge in [-0.15, -0.1) is 0 Å². The van der Waals surface area contributed by atoms with Gasteiger partial charge in [0.25, 0.3) is 0 Å². The van der Waals surface area contributed by atoms with Gasteiger partial charge in [-0.2, -0.15) is 0 Å². The highest BCUT2D eigenvalue weighted by Crippen LogP contribution is 2.15. The van der Waals surface area contributed by atoms with Crippen LogP contribution in [0.4, 0.5) is 0 Å². The summed E-state index contributed by atoms with van der Waals surface area (Å²) in [6.45, 7) is 2.51. The summed E-state index contributed by atoms with van der Waals surface area (Å²) < 4.78 is 0. The van der Waals surface area contributed by atoms with E-state index in [1.165, 1.54) is 0 Å². The number of nitrogens with two attached hydrogens (primary N) is 1. The highest BCUT2D eigenvalue weighted by molar-refractivity contribution is 6.30. The normalized spacial score (nSPS) is 10.5. The van der Waals surface area contributed by atoms with Crippen molar-refractivity contribution in [3.05, 3.63) is 40.8 Å². The molecule has 0 saturated carbocycles. The summed E-state index contributed by atoms with van der Waals surface area (Å²) in [4.78, 5) is 13.0. The van der Waals surface area contributed by atoms with Gasteiger partial charge in [-0.25, -0.2) is 9.97 Å². The molecule has 17 heavy (non-hydrogen) atoms. The monoisotopic (exact) mass is 248 g/mol. The Kier molecular flexibility index (Phi) is 3.66. The second-order valence-electron chi connectivity index (χ2n) is 3.72. The molecule has 0 saturated heterocycles. The largest absolute Gasteiger partial charge is 0.330 e. The van der Waals surface area contributed by atoms with Crippen LogP contribution >= 0.6 is 11.6 Å². The van der Waals surface area contributed by atoms with Crippen molar-refractivity contribution in [2.75, 3.05) is 6.54 Å². The molecule has 0 spiro atoms. The molecular formula is C12H13ClN4. The number of rotatable bonds is 3. The summed E-state index contributed by atoms with van der Waals surface area (Å²) in [5.41, 5.74) is 8.09. The van der Waals surface area contributed by atoms with Gasteiger partial charge in [-0.1, -0.05) is 11.6 Å². The van der Waals surface area contributed by atoms with E-state index in [9.17, 15) is 0 Å². The van der Waals surface area contributed by atoms with Gasteiger partial charge in [0.1, 0.15) is 5.69 Å². The molecule has 0 aliphatic rings. The van der Waals surface area contributed by atoms with Crippen LogP contribution in [-0.2, 0) is 6.42 Å². The molecule has 4 nitrogen and oxygen atoms in total. The third-order valence-electron chi connectivity index (χ3n) is 2.26. The molecule has 2 N–H and O–H groups in total. The predicted octanol–water partition coefficient (Wildman–Crippen LogP) is 2.00. The van der Waals surface area contributed by atoms with Gasteiger partial charge in [-0.3, -0.25) is 4.98 Å². The van der Waals surface area contributed by atoms with Crippen LogP contribution in [0.25, 0.3) is 11.5 Å². The van der Waals surface area contributed by atoms with Crippen LogP contribution in [-0.4, -0.2) is 21.5 Å². The van der Waals surface area contributed by atoms with Gasteiger partial charge in [0.15, 0.2) is 5.82 Å². The fourth-order valence-electron chi connectivity index (χ4n) is 1.53. The zero-order valence-corrected chi connectivity index (χ0v) is 10.3. The van der Waals surface area contributed by atoms with Gasteiger partial charge in [0.2, 0.25) is 0 Å². The van der Waals surface area contributed by atoms with Crippen LogP contribution in [0.2, 0.25) is 5.02 Å². The average molecular weight is 249 g/mol. The number of hydrogen-bond acceptors (Lipinski definition) is 4. The van der Waals surface area contributed by atoms with E-state index in [0.29, 0.717) is 17.4 Å². The molecule has 5 heteroatoms. The maximum Gasteiger partial charge on any atom is 0.178 e. The van der Waals surface area contributed by atoms with Gasteiger partial charge >= 0.3 is 0 Å². The van der Waals surface area contributed by atoms with E-state index in [0.717, 1.165) is 23.5 Å². The molecule has 0 radical (unpaired) electrons. The Morgan fingerprint density at radius 1 is 1.29 bits per heavy atom. The summed E-state index contributed by atoms with van der Waals surface area (Å²) in [5.74, 6) is 0.616. The maximum atomic E-state index is 5.79. The van der Waals surface area contributed by atoms with Gasteiger partial charge in [0.05, 0.1) is 5.02 Å². The van der Waals surface area contributed by atoms with Crippen molar-refractivity contribution in [1.82, 2.24) is 15.0 Å². The number of aromatic nitrogens is 3. The minimum atomic E-state index is 0.573. The minimum absolute atomic E-state index is 0.573. The number of nitrogens with zero attached hydrogens (tertiary/aromatic N) is 3. The van der Waals surface area contributed by atoms with Crippen molar-refractivity contribution in [3.8, 4) is 11.5 Å². The van der Waals surface area contributed by atoms with Crippen molar-refractivity contribution >= 4 is 11.6 Å². The lowest BCUT2D eigenvalue weighted by Gasteiger charge is -2.04. The molecule has 0 aliphatic carbocycles. The van der Waals surface area contributed by atoms with E-state index in [1.807, 2.05) is 19.1 Å². The lowest BCUT2D eigenvalue weighted by Crippen LogP contribution is -2.06. The fraction of sp³-hybridized carbons (Fsp3) is 0.250. The summed E-state index contributed by atoms with van der Waals surface area (Å²) in [7, 11) is 0. The smallest absolute Gasteiger partial charge is 0.178 e. The molecule has 0 bridgehead atoms. The predicted molar refractivity (Wildman–Crippen MR) is 67.8 cm³/mol. The molecule has 88 valence electrons. The molecule has 2 aromatic heterocycles. The van der Waals surface area contributed by atoms with E-state index >= 15 is 0 Å². The van der Waals surface area contributed by atoms with Gasteiger partial charge in [-0.05, 0) is 31.7 Å². The lowest BCUT2D eigenvalue weighted by molar-refractivity contribution is 0.902. The first-order chi connectivity index (χ1) is 8.19. The molecule has 0 unspecified atom stereocenters. The Balaban J connectivity index is 2.40. The van der Waals surface area contributed by atoms with Gasteiger partial charge in [0, 0.05) is 24.0 Å². The van der Waals surface area contributed by atoms with Crippen molar-refractivity contribution in [1.29, 1.82) is 0 Å². The van der Waals surface area contributed by atoms with Crippen LogP contribution in [0.15, 0.2) is 24.4 Å². The van der Waals surface area contributed by atoms with Crippen molar-refractivity contribution in [2.24, 2.45) is 5.73 Å². The average Bonchev–Trinajstić information content (AvgIpc) is 2.29. The quantitative estimate of drug-likeness (QED) is 0.902. The van der Waals surface area contributed by atoms with Crippen LogP contribution in [0, 0.1) is 6.92 Å². The molecule has 2 heterocycles. The summed E-state index contributed by atoms with van der Waals surface area (Å²) in [6.07, 6.45) is 2.33. The molecular weight excluding hydrogens is 236 g/mol. The lowest BCUT2D eigenvalue weighted by atomic mass is 10.2. The first kappa shape index (κ1) is 12.0. The highest BCUT2D eigenvalue weighted by atomic mass is 35.5. The van der Waals surface area contributed by atoms with Crippen LogP contribution in [0.1, 0.15) is 11.4 Å². The topological polar surface area (TPSA) is 64.7 Å². The molecule has 0 aromatic carbocycles. The van der Waals surface area contributed by atoms with E-state index in [2.05, 4.69) is 15.0 Å². The molecule has 0 amide bonds. The molecule has 2 rings (SSSR count). The van der Waals surface area contributed by atoms with Crippen LogP contribution in [0.5, 0.6) is 0 Å². The Bertz CT molecular complexity index is 510. The van der Waals surface area contributed by atoms with Crippen molar-refractivity contribution in [2.45, 2.75) is 13.3 Å². The molecule has 0 atom stereocenters. The van der Waals surface area contributed by atoms with Gasteiger partial charge < -0.3 is 5.73 Å².